The molecular weight excluding hydrogens is 815 g/mol. The van der Waals surface area contributed by atoms with Gasteiger partial charge in [-0.3, -0.25) is 9.59 Å². The van der Waals surface area contributed by atoms with Gasteiger partial charge >= 0.3 is 5.97 Å². The van der Waals surface area contributed by atoms with Crippen molar-refractivity contribution < 1.29 is 24.5 Å². The molecule has 0 rings (SSSR count). The van der Waals surface area contributed by atoms with E-state index in [4.69, 9.17) is 4.74 Å². The third-order valence-corrected chi connectivity index (χ3v) is 14.1. The molecule has 6 heteroatoms. The van der Waals surface area contributed by atoms with Gasteiger partial charge in [0.05, 0.1) is 25.4 Å². The van der Waals surface area contributed by atoms with Crippen LogP contribution in [0.4, 0.5) is 0 Å². The summed E-state index contributed by atoms with van der Waals surface area (Å²) in [6, 6.07) is -0.551. The van der Waals surface area contributed by atoms with Crippen molar-refractivity contribution in [2.24, 2.45) is 0 Å². The van der Waals surface area contributed by atoms with Gasteiger partial charge < -0.3 is 20.3 Å². The number of nitrogens with one attached hydrogen (secondary N) is 1. The summed E-state index contributed by atoms with van der Waals surface area (Å²) in [6.07, 6.45) is 66.3. The van der Waals surface area contributed by atoms with Crippen molar-refractivity contribution in [2.75, 3.05) is 13.2 Å². The predicted molar refractivity (Wildman–Crippen MR) is 287 cm³/mol. The molecule has 0 bridgehead atoms. The van der Waals surface area contributed by atoms with Gasteiger partial charge in [0.25, 0.3) is 0 Å². The van der Waals surface area contributed by atoms with E-state index in [2.05, 4.69) is 31.3 Å². The largest absolute Gasteiger partial charge is 0.466 e. The lowest BCUT2D eigenvalue weighted by Gasteiger charge is -2.22. The van der Waals surface area contributed by atoms with Crippen LogP contribution in [0.15, 0.2) is 12.2 Å². The minimum atomic E-state index is -0.673. The highest BCUT2D eigenvalue weighted by atomic mass is 16.5. The highest BCUT2D eigenvalue weighted by Crippen LogP contribution is 2.18. The lowest BCUT2D eigenvalue weighted by Crippen LogP contribution is -2.45. The number of allylic oxidation sites excluding steroid dienone is 2. The molecule has 3 N–H and O–H groups in total. The Morgan fingerprint density at radius 1 is 0.409 bits per heavy atom. The average Bonchev–Trinajstić information content (AvgIpc) is 3.32. The van der Waals surface area contributed by atoms with Crippen molar-refractivity contribution in [3.63, 3.8) is 0 Å². The van der Waals surface area contributed by atoms with E-state index in [0.717, 1.165) is 51.4 Å². The van der Waals surface area contributed by atoms with Crippen molar-refractivity contribution in [1.82, 2.24) is 5.32 Å². The van der Waals surface area contributed by atoms with E-state index in [0.29, 0.717) is 25.9 Å². The molecule has 0 saturated carbocycles. The van der Waals surface area contributed by atoms with Crippen molar-refractivity contribution >= 4 is 11.9 Å². The van der Waals surface area contributed by atoms with Gasteiger partial charge in [-0.1, -0.05) is 283 Å². The summed E-state index contributed by atoms with van der Waals surface area (Å²) in [4.78, 5) is 24.6. The third kappa shape index (κ3) is 52.0. The summed E-state index contributed by atoms with van der Waals surface area (Å²) in [7, 11) is 0. The molecule has 0 heterocycles. The van der Waals surface area contributed by atoms with Gasteiger partial charge in [-0.25, -0.2) is 0 Å². The van der Waals surface area contributed by atoms with E-state index >= 15 is 0 Å². The number of esters is 1. The van der Waals surface area contributed by atoms with Crippen LogP contribution < -0.4 is 5.32 Å². The first-order valence-electron chi connectivity index (χ1n) is 29.9. The summed E-state index contributed by atoms with van der Waals surface area (Å²) in [5.41, 5.74) is 0. The summed E-state index contributed by atoms with van der Waals surface area (Å²) < 4.78 is 5.48. The molecular formula is C60H117NO5. The number of ether oxygens (including phenoxy) is 1. The Hall–Kier alpha value is -1.40. The monoisotopic (exact) mass is 932 g/mol. The Balaban J connectivity index is 3.43. The zero-order valence-electron chi connectivity index (χ0n) is 44.7. The van der Waals surface area contributed by atoms with Crippen LogP contribution >= 0.6 is 0 Å². The molecule has 0 aliphatic rings. The van der Waals surface area contributed by atoms with Gasteiger partial charge in [-0.2, -0.15) is 0 Å². The molecule has 0 aliphatic heterocycles. The molecule has 6 nitrogen and oxygen atoms in total. The second kappa shape index (κ2) is 56.2. The van der Waals surface area contributed by atoms with Gasteiger partial charge in [0.2, 0.25) is 5.91 Å². The molecule has 0 radical (unpaired) electrons. The topological polar surface area (TPSA) is 95.9 Å². The van der Waals surface area contributed by atoms with E-state index < -0.39 is 12.1 Å². The van der Waals surface area contributed by atoms with Gasteiger partial charge in [-0.05, 0) is 51.4 Å². The van der Waals surface area contributed by atoms with Gasteiger partial charge in [0.15, 0.2) is 0 Å². The zero-order valence-corrected chi connectivity index (χ0v) is 44.7. The van der Waals surface area contributed by atoms with Crippen molar-refractivity contribution in [2.45, 2.75) is 347 Å². The Morgan fingerprint density at radius 3 is 1.08 bits per heavy atom. The van der Waals surface area contributed by atoms with E-state index in [1.165, 1.54) is 250 Å². The number of amides is 1. The third-order valence-electron chi connectivity index (χ3n) is 14.1. The standard InChI is InChI=1S/C60H117NO5/c1-3-5-7-9-11-13-15-17-19-21-23-25-28-32-36-40-44-48-52-58(63)57(56-62)61-59(64)53-49-45-41-37-33-29-27-31-35-39-43-47-51-55-66-60(65)54-50-46-42-38-34-30-26-24-22-20-18-16-14-12-10-8-6-4-2/h20,22,57-58,62-63H,3-19,21,23-56H2,1-2H3,(H,61,64)/b22-20-. The number of rotatable bonds is 56. The van der Waals surface area contributed by atoms with Crippen molar-refractivity contribution in [1.29, 1.82) is 0 Å². The first kappa shape index (κ1) is 64.6. The summed E-state index contributed by atoms with van der Waals surface area (Å²) in [5, 5.41) is 23.3. The molecule has 392 valence electrons. The molecule has 2 unspecified atom stereocenters. The molecule has 0 aromatic rings. The minimum absolute atomic E-state index is 0.00728. The van der Waals surface area contributed by atoms with Crippen LogP contribution in [0, 0.1) is 0 Å². The number of carbonyl (C=O) groups is 2. The lowest BCUT2D eigenvalue weighted by molar-refractivity contribution is -0.143. The molecule has 0 saturated heterocycles. The number of unbranched alkanes of at least 4 members (excludes halogenated alkanes) is 43. The first-order valence-corrected chi connectivity index (χ1v) is 29.9. The average molecular weight is 933 g/mol. The number of aliphatic hydroxyl groups excluding tert-OH is 2. The van der Waals surface area contributed by atoms with E-state index in [9.17, 15) is 19.8 Å². The summed E-state index contributed by atoms with van der Waals surface area (Å²) in [5.74, 6) is -0.0521. The smallest absolute Gasteiger partial charge is 0.305 e. The molecule has 0 aliphatic carbocycles. The number of aliphatic hydroxyl groups is 2. The van der Waals surface area contributed by atoms with E-state index in [1.54, 1.807) is 0 Å². The van der Waals surface area contributed by atoms with Gasteiger partial charge in [0, 0.05) is 12.8 Å². The quantitative estimate of drug-likeness (QED) is 0.0321. The van der Waals surface area contributed by atoms with Crippen LogP contribution in [-0.2, 0) is 14.3 Å². The Kier molecular flexibility index (Phi) is 55.0. The molecule has 2 atom stereocenters. The molecule has 1 amide bonds. The fourth-order valence-corrected chi connectivity index (χ4v) is 9.46. The summed E-state index contributed by atoms with van der Waals surface area (Å²) >= 11 is 0. The highest BCUT2D eigenvalue weighted by molar-refractivity contribution is 5.76. The van der Waals surface area contributed by atoms with E-state index in [-0.39, 0.29) is 18.5 Å². The van der Waals surface area contributed by atoms with Gasteiger partial charge in [0.1, 0.15) is 0 Å². The molecule has 0 aromatic heterocycles. The zero-order chi connectivity index (χ0) is 47.9. The van der Waals surface area contributed by atoms with Crippen LogP contribution in [0.25, 0.3) is 0 Å². The Morgan fingerprint density at radius 2 is 0.712 bits per heavy atom. The first-order chi connectivity index (χ1) is 32.5. The molecule has 0 aromatic carbocycles. The molecule has 66 heavy (non-hydrogen) atoms. The van der Waals surface area contributed by atoms with Crippen LogP contribution in [0.3, 0.4) is 0 Å². The molecule has 0 fully saturated rings. The minimum Gasteiger partial charge on any atom is -0.466 e. The van der Waals surface area contributed by atoms with Crippen LogP contribution in [0.2, 0.25) is 0 Å². The number of hydrogen-bond donors (Lipinski definition) is 3. The van der Waals surface area contributed by atoms with Crippen LogP contribution in [-0.4, -0.2) is 47.4 Å². The van der Waals surface area contributed by atoms with Crippen LogP contribution in [0.1, 0.15) is 335 Å². The fourth-order valence-electron chi connectivity index (χ4n) is 9.46. The molecule has 0 spiro atoms. The van der Waals surface area contributed by atoms with E-state index in [1.807, 2.05) is 0 Å². The van der Waals surface area contributed by atoms with Gasteiger partial charge in [-0.15, -0.1) is 0 Å². The lowest BCUT2D eigenvalue weighted by atomic mass is 10.0. The second-order valence-electron chi connectivity index (χ2n) is 20.7. The van der Waals surface area contributed by atoms with Crippen LogP contribution in [0.5, 0.6) is 0 Å². The predicted octanol–water partition coefficient (Wildman–Crippen LogP) is 18.5. The normalized spacial score (nSPS) is 12.6. The van der Waals surface area contributed by atoms with Crippen molar-refractivity contribution in [3.05, 3.63) is 12.2 Å². The SMILES string of the molecule is CCCCCCCCC/C=C\CCCCCCCCCC(=O)OCCCCCCCCCCCCCCCC(=O)NC(CO)C(O)CCCCCCCCCCCCCCCCCCCC. The Labute approximate surface area is 412 Å². The Bertz CT molecular complexity index is 986. The maximum Gasteiger partial charge on any atom is 0.305 e. The number of carbonyl (C=O) groups excluding carboxylic acids is 2. The maximum atomic E-state index is 12.5. The summed E-state index contributed by atoms with van der Waals surface area (Å²) in [6.45, 7) is 4.95. The fraction of sp³-hybridized carbons (Fsp3) is 0.933. The second-order valence-corrected chi connectivity index (χ2v) is 20.7. The highest BCUT2D eigenvalue weighted by Gasteiger charge is 2.20. The maximum absolute atomic E-state index is 12.5. The van der Waals surface area contributed by atoms with Crippen molar-refractivity contribution in [3.8, 4) is 0 Å². The number of hydrogen-bond acceptors (Lipinski definition) is 5.